The number of hydrogen-bond acceptors (Lipinski definition) is 3. The van der Waals surface area contributed by atoms with E-state index in [1.165, 1.54) is 17.8 Å². The molecule has 1 aliphatic heterocycles. The number of thioether (sulfide) groups is 1. The van der Waals surface area contributed by atoms with Crippen LogP contribution in [-0.2, 0) is 9.59 Å². The summed E-state index contributed by atoms with van der Waals surface area (Å²) in [5.41, 5.74) is 0.696. The SMILES string of the molecule is O=C(CCN1C(=O)CSc2ccccc21)Nc1ccc(F)cc1F. The van der Waals surface area contributed by atoms with E-state index < -0.39 is 17.5 Å². The zero-order valence-electron chi connectivity index (χ0n) is 12.6. The van der Waals surface area contributed by atoms with Crippen LogP contribution in [0.2, 0.25) is 0 Å². The van der Waals surface area contributed by atoms with Gasteiger partial charge in [-0.1, -0.05) is 12.1 Å². The first-order valence-corrected chi connectivity index (χ1v) is 8.30. The number of carbonyl (C=O) groups is 2. The molecule has 2 aromatic rings. The Morgan fingerprint density at radius 3 is 2.79 bits per heavy atom. The molecule has 0 saturated carbocycles. The van der Waals surface area contributed by atoms with Gasteiger partial charge >= 0.3 is 0 Å². The van der Waals surface area contributed by atoms with Gasteiger partial charge in [0.15, 0.2) is 0 Å². The molecular weight excluding hydrogens is 334 g/mol. The van der Waals surface area contributed by atoms with Crippen molar-refractivity contribution in [2.75, 3.05) is 22.5 Å². The van der Waals surface area contributed by atoms with Gasteiger partial charge in [-0.25, -0.2) is 8.78 Å². The van der Waals surface area contributed by atoms with Crippen LogP contribution in [0.3, 0.4) is 0 Å². The third kappa shape index (κ3) is 3.56. The van der Waals surface area contributed by atoms with Crippen molar-refractivity contribution >= 4 is 35.0 Å². The fraction of sp³-hybridized carbons (Fsp3) is 0.176. The summed E-state index contributed by atoms with van der Waals surface area (Å²) in [4.78, 5) is 26.6. The first-order valence-electron chi connectivity index (χ1n) is 7.31. The van der Waals surface area contributed by atoms with Crippen molar-refractivity contribution in [3.05, 3.63) is 54.1 Å². The first-order chi connectivity index (χ1) is 11.5. The van der Waals surface area contributed by atoms with Crippen molar-refractivity contribution in [2.45, 2.75) is 11.3 Å². The van der Waals surface area contributed by atoms with E-state index >= 15 is 0 Å². The molecule has 4 nitrogen and oxygen atoms in total. The maximum atomic E-state index is 13.5. The summed E-state index contributed by atoms with van der Waals surface area (Å²) < 4.78 is 26.4. The van der Waals surface area contributed by atoms with Gasteiger partial charge in [-0.3, -0.25) is 9.59 Å². The Morgan fingerprint density at radius 2 is 2.00 bits per heavy atom. The molecule has 0 aromatic heterocycles. The van der Waals surface area contributed by atoms with Gasteiger partial charge in [0.25, 0.3) is 0 Å². The average Bonchev–Trinajstić information content (AvgIpc) is 2.56. The number of hydrogen-bond donors (Lipinski definition) is 1. The van der Waals surface area contributed by atoms with Crippen LogP contribution < -0.4 is 10.2 Å². The molecule has 0 spiro atoms. The van der Waals surface area contributed by atoms with Crippen molar-refractivity contribution in [3.8, 4) is 0 Å². The van der Waals surface area contributed by atoms with Crippen LogP contribution in [0.1, 0.15) is 6.42 Å². The highest BCUT2D eigenvalue weighted by Crippen LogP contribution is 2.34. The molecule has 24 heavy (non-hydrogen) atoms. The lowest BCUT2D eigenvalue weighted by Gasteiger charge is -2.28. The van der Waals surface area contributed by atoms with Gasteiger partial charge in [0.2, 0.25) is 11.8 Å². The molecule has 1 heterocycles. The fourth-order valence-corrected chi connectivity index (χ4v) is 3.35. The standard InChI is InChI=1S/C17H14F2N2O2S/c18-11-5-6-13(12(19)9-11)20-16(22)7-8-21-14-3-1-2-4-15(14)24-10-17(21)23/h1-6,9H,7-8,10H2,(H,20,22). The van der Waals surface area contributed by atoms with Crippen molar-refractivity contribution < 1.29 is 18.4 Å². The molecule has 0 atom stereocenters. The third-order valence-electron chi connectivity index (χ3n) is 3.58. The highest BCUT2D eigenvalue weighted by Gasteiger charge is 2.24. The number of carbonyl (C=O) groups excluding carboxylic acids is 2. The van der Waals surface area contributed by atoms with Gasteiger partial charge < -0.3 is 10.2 Å². The van der Waals surface area contributed by atoms with Crippen molar-refractivity contribution in [1.29, 1.82) is 0 Å². The van der Waals surface area contributed by atoms with Gasteiger partial charge in [0, 0.05) is 23.9 Å². The van der Waals surface area contributed by atoms with E-state index in [9.17, 15) is 18.4 Å². The highest BCUT2D eigenvalue weighted by molar-refractivity contribution is 8.00. The number of fused-ring (bicyclic) bond motifs is 1. The topological polar surface area (TPSA) is 49.4 Å². The maximum Gasteiger partial charge on any atom is 0.237 e. The predicted octanol–water partition coefficient (Wildman–Crippen LogP) is 3.43. The summed E-state index contributed by atoms with van der Waals surface area (Å²) >= 11 is 1.46. The second-order valence-corrected chi connectivity index (χ2v) is 6.24. The quantitative estimate of drug-likeness (QED) is 0.921. The number of benzene rings is 2. The Hall–Kier alpha value is -2.41. The van der Waals surface area contributed by atoms with Crippen molar-refractivity contribution in [2.24, 2.45) is 0 Å². The van der Waals surface area contributed by atoms with Crippen LogP contribution in [0.15, 0.2) is 47.4 Å². The lowest BCUT2D eigenvalue weighted by molar-refractivity contribution is -0.117. The van der Waals surface area contributed by atoms with E-state index in [1.807, 2.05) is 24.3 Å². The number of amides is 2. The van der Waals surface area contributed by atoms with Crippen LogP contribution in [0.25, 0.3) is 0 Å². The summed E-state index contributed by atoms with van der Waals surface area (Å²) in [5.74, 6) is -1.73. The molecule has 3 rings (SSSR count). The molecule has 2 amide bonds. The van der Waals surface area contributed by atoms with Crippen molar-refractivity contribution in [3.63, 3.8) is 0 Å². The molecule has 2 aromatic carbocycles. The molecule has 124 valence electrons. The van der Waals surface area contributed by atoms with Gasteiger partial charge in [0.1, 0.15) is 11.6 Å². The van der Waals surface area contributed by atoms with E-state index in [0.717, 1.165) is 16.6 Å². The Bertz CT molecular complexity index is 798. The van der Waals surface area contributed by atoms with Gasteiger partial charge in [0.05, 0.1) is 17.1 Å². The first kappa shape index (κ1) is 16.4. The molecule has 0 aliphatic carbocycles. The Balaban J connectivity index is 1.65. The summed E-state index contributed by atoms with van der Waals surface area (Å²) in [6.07, 6.45) is 0.0154. The average molecular weight is 348 g/mol. The van der Waals surface area contributed by atoms with E-state index in [0.29, 0.717) is 11.8 Å². The van der Waals surface area contributed by atoms with Crippen LogP contribution >= 0.6 is 11.8 Å². The summed E-state index contributed by atoms with van der Waals surface area (Å²) in [7, 11) is 0. The van der Waals surface area contributed by atoms with E-state index in [1.54, 1.807) is 4.90 Å². The molecule has 0 unspecified atom stereocenters. The highest BCUT2D eigenvalue weighted by atomic mass is 32.2. The van der Waals surface area contributed by atoms with Crippen molar-refractivity contribution in [1.82, 2.24) is 0 Å². The van der Waals surface area contributed by atoms with Crippen LogP contribution in [0, 0.1) is 11.6 Å². The number of nitrogens with zero attached hydrogens (tertiary/aromatic N) is 1. The second kappa shape index (κ2) is 7.00. The molecule has 0 radical (unpaired) electrons. The molecule has 0 fully saturated rings. The van der Waals surface area contributed by atoms with E-state index in [-0.39, 0.29) is 24.6 Å². The lowest BCUT2D eigenvalue weighted by Crippen LogP contribution is -2.37. The Morgan fingerprint density at radius 1 is 1.21 bits per heavy atom. The molecular formula is C17H14F2N2O2S. The Kier molecular flexibility index (Phi) is 4.80. The number of rotatable bonds is 4. The number of halogens is 2. The lowest BCUT2D eigenvalue weighted by atomic mass is 10.2. The normalized spacial score (nSPS) is 13.6. The molecule has 1 N–H and O–H groups in total. The molecule has 7 heteroatoms. The Labute approximate surface area is 141 Å². The summed E-state index contributed by atoms with van der Waals surface area (Å²) in [6, 6.07) is 10.4. The molecule has 1 aliphatic rings. The summed E-state index contributed by atoms with van der Waals surface area (Å²) in [5, 5.41) is 2.39. The number of nitrogens with one attached hydrogen (secondary N) is 1. The zero-order chi connectivity index (χ0) is 17.1. The summed E-state index contributed by atoms with van der Waals surface area (Å²) in [6.45, 7) is 0.199. The minimum absolute atomic E-state index is 0.0154. The fourth-order valence-electron chi connectivity index (χ4n) is 2.42. The minimum atomic E-state index is -0.834. The van der Waals surface area contributed by atoms with E-state index in [4.69, 9.17) is 0 Å². The van der Waals surface area contributed by atoms with Crippen LogP contribution in [0.4, 0.5) is 20.2 Å². The van der Waals surface area contributed by atoms with Crippen LogP contribution in [-0.4, -0.2) is 24.1 Å². The largest absolute Gasteiger partial charge is 0.324 e. The maximum absolute atomic E-state index is 13.5. The second-order valence-electron chi connectivity index (χ2n) is 5.22. The third-order valence-corrected chi connectivity index (χ3v) is 4.62. The number of para-hydroxylation sites is 1. The van der Waals surface area contributed by atoms with Gasteiger partial charge in [-0.2, -0.15) is 0 Å². The number of anilines is 2. The molecule has 0 bridgehead atoms. The van der Waals surface area contributed by atoms with Crippen LogP contribution in [0.5, 0.6) is 0 Å². The van der Waals surface area contributed by atoms with E-state index in [2.05, 4.69) is 5.32 Å². The predicted molar refractivity (Wildman–Crippen MR) is 89.1 cm³/mol. The zero-order valence-corrected chi connectivity index (χ0v) is 13.4. The van der Waals surface area contributed by atoms with Gasteiger partial charge in [-0.15, -0.1) is 11.8 Å². The minimum Gasteiger partial charge on any atom is -0.324 e. The smallest absolute Gasteiger partial charge is 0.237 e. The molecule has 0 saturated heterocycles. The monoisotopic (exact) mass is 348 g/mol. The van der Waals surface area contributed by atoms with Gasteiger partial charge in [-0.05, 0) is 24.3 Å².